The number of carbonyl (C=O) groups excluding carboxylic acids is 1. The van der Waals surface area contributed by atoms with Crippen LogP contribution in [-0.4, -0.2) is 21.8 Å². The van der Waals surface area contributed by atoms with Crippen LogP contribution < -0.4 is 0 Å². The second-order valence-electron chi connectivity index (χ2n) is 1.61. The molecule has 0 aromatic heterocycles. The highest BCUT2D eigenvalue weighted by molar-refractivity contribution is 5.96. The van der Waals surface area contributed by atoms with Crippen LogP contribution in [0.15, 0.2) is 24.3 Å². The van der Waals surface area contributed by atoms with Crippen LogP contribution >= 0.6 is 0 Å². The van der Waals surface area contributed by atoms with E-state index in [4.69, 9.17) is 9.90 Å². The first-order valence-electron chi connectivity index (χ1n) is 2.39. The minimum absolute atomic E-state index is 0.00694. The summed E-state index contributed by atoms with van der Waals surface area (Å²) in [7, 11) is 0. The fourth-order valence-corrected chi connectivity index (χ4v) is 0.521. The molecule has 0 bridgehead atoms. The fraction of sp³-hybridized carbons (Fsp3) is 0.167. The van der Waals surface area contributed by atoms with Crippen molar-refractivity contribution in [2.75, 3.05) is 0 Å². The summed E-state index contributed by atoms with van der Waals surface area (Å²) in [6, 6.07) is 0. The molecule has 0 aliphatic heterocycles. The number of aliphatic hydroxyl groups excluding tert-OH is 1. The van der Waals surface area contributed by atoms with Gasteiger partial charge in [0.25, 0.3) is 0 Å². The van der Waals surface area contributed by atoms with Crippen LogP contribution in [0, 0.1) is 0 Å². The molecule has 1 aliphatic carbocycles. The van der Waals surface area contributed by atoms with E-state index < -0.39 is 6.10 Å². The molecular formula is C6H7O2+. The molecule has 2 nitrogen and oxygen atoms in total. The van der Waals surface area contributed by atoms with E-state index in [2.05, 4.69) is 0 Å². The third-order valence-electron chi connectivity index (χ3n) is 0.975. The third-order valence-corrected chi connectivity index (χ3v) is 0.975. The summed E-state index contributed by atoms with van der Waals surface area (Å²) in [5, 5.41) is 8.75. The molecule has 0 radical (unpaired) electrons. The summed E-state index contributed by atoms with van der Waals surface area (Å²) in [6.45, 7) is 0. The molecule has 8 heavy (non-hydrogen) atoms. The molecule has 0 amide bonds. The SMILES string of the molecule is OC1C=CC=CC1=[OH+]. The van der Waals surface area contributed by atoms with Gasteiger partial charge in [0, 0.05) is 6.08 Å². The molecule has 0 aromatic rings. The van der Waals surface area contributed by atoms with Crippen LogP contribution in [0.2, 0.25) is 0 Å². The first-order valence-corrected chi connectivity index (χ1v) is 2.39. The smallest absolute Gasteiger partial charge is 0.348 e. The van der Waals surface area contributed by atoms with Crippen molar-refractivity contribution in [1.82, 2.24) is 0 Å². The maximum atomic E-state index is 8.75. The Morgan fingerprint density at radius 2 is 2.25 bits per heavy atom. The van der Waals surface area contributed by atoms with Crippen LogP contribution in [0.5, 0.6) is 0 Å². The Bertz CT molecular complexity index is 156. The van der Waals surface area contributed by atoms with E-state index in [-0.39, 0.29) is 5.78 Å². The number of hydrogen-bond donors (Lipinski definition) is 1. The predicted molar refractivity (Wildman–Crippen MR) is 31.2 cm³/mol. The molecule has 42 valence electrons. The number of allylic oxidation sites excluding steroid dienone is 2. The number of rotatable bonds is 0. The van der Waals surface area contributed by atoms with Crippen LogP contribution in [0.25, 0.3) is 0 Å². The maximum Gasteiger partial charge on any atom is 0.348 e. The van der Waals surface area contributed by atoms with Gasteiger partial charge in [-0.15, -0.1) is 0 Å². The normalized spacial score (nSPS) is 26.6. The first-order chi connectivity index (χ1) is 3.80. The van der Waals surface area contributed by atoms with Crippen molar-refractivity contribution in [3.8, 4) is 0 Å². The molecule has 0 heterocycles. The van der Waals surface area contributed by atoms with E-state index in [1.165, 1.54) is 12.2 Å². The minimum Gasteiger partial charge on any atom is -0.376 e. The zero-order chi connectivity index (χ0) is 5.98. The quantitative estimate of drug-likeness (QED) is 0.440. The lowest BCUT2D eigenvalue weighted by Gasteiger charge is -1.95. The van der Waals surface area contributed by atoms with E-state index in [9.17, 15) is 0 Å². The van der Waals surface area contributed by atoms with E-state index in [1.807, 2.05) is 0 Å². The van der Waals surface area contributed by atoms with E-state index in [0.717, 1.165) is 0 Å². The lowest BCUT2D eigenvalue weighted by molar-refractivity contribution is 0.279. The first kappa shape index (κ1) is 5.25. The average Bonchev–Trinajstić information content (AvgIpc) is 1.77. The zero-order valence-electron chi connectivity index (χ0n) is 4.28. The van der Waals surface area contributed by atoms with E-state index in [0.29, 0.717) is 0 Å². The molecule has 2 N–H and O–H groups in total. The van der Waals surface area contributed by atoms with Crippen molar-refractivity contribution in [2.24, 2.45) is 0 Å². The highest BCUT2D eigenvalue weighted by atomic mass is 16.3. The van der Waals surface area contributed by atoms with Gasteiger partial charge in [0.1, 0.15) is 0 Å². The Kier molecular flexibility index (Phi) is 1.26. The lowest BCUT2D eigenvalue weighted by Crippen LogP contribution is -2.16. The van der Waals surface area contributed by atoms with Crippen LogP contribution in [0.3, 0.4) is 0 Å². The van der Waals surface area contributed by atoms with Crippen molar-refractivity contribution in [2.45, 2.75) is 6.10 Å². The minimum atomic E-state index is -0.792. The summed E-state index contributed by atoms with van der Waals surface area (Å²) in [5.74, 6) is 0.00694. The number of hydrogen-bond acceptors (Lipinski definition) is 1. The third kappa shape index (κ3) is 0.845. The van der Waals surface area contributed by atoms with Crippen molar-refractivity contribution in [3.05, 3.63) is 24.3 Å². The van der Waals surface area contributed by atoms with Gasteiger partial charge in [0.2, 0.25) is 0 Å². The summed E-state index contributed by atoms with van der Waals surface area (Å²) in [4.78, 5) is 8.71. The molecule has 0 spiro atoms. The fourth-order valence-electron chi connectivity index (χ4n) is 0.521. The second-order valence-corrected chi connectivity index (χ2v) is 1.61. The number of aliphatic hydroxyl groups is 1. The van der Waals surface area contributed by atoms with Gasteiger partial charge in [-0.25, -0.2) is 0 Å². The molecule has 1 atom stereocenters. The zero-order valence-corrected chi connectivity index (χ0v) is 4.28. The van der Waals surface area contributed by atoms with Gasteiger partial charge in [-0.1, -0.05) is 12.2 Å². The molecule has 1 unspecified atom stereocenters. The molecule has 2 heteroatoms. The molecule has 0 saturated heterocycles. The van der Waals surface area contributed by atoms with Crippen molar-refractivity contribution in [3.63, 3.8) is 0 Å². The highest BCUT2D eigenvalue weighted by Gasteiger charge is 2.15. The number of ketones is 1. The maximum absolute atomic E-state index is 8.75. The van der Waals surface area contributed by atoms with Gasteiger partial charge in [-0.2, -0.15) is 0 Å². The Balaban J connectivity index is 2.74. The van der Waals surface area contributed by atoms with Crippen molar-refractivity contribution in [1.29, 1.82) is 0 Å². The lowest BCUT2D eigenvalue weighted by atomic mass is 10.1. The van der Waals surface area contributed by atoms with Crippen LogP contribution in [0.4, 0.5) is 0 Å². The summed E-state index contributed by atoms with van der Waals surface area (Å²) in [5.41, 5.74) is 0. The average molecular weight is 111 g/mol. The topological polar surface area (TPSA) is 41.6 Å². The molecular weight excluding hydrogens is 104 g/mol. The van der Waals surface area contributed by atoms with Gasteiger partial charge in [0.15, 0.2) is 6.10 Å². The van der Waals surface area contributed by atoms with Gasteiger partial charge < -0.3 is 5.11 Å². The molecule has 1 rings (SSSR count). The largest absolute Gasteiger partial charge is 0.376 e. The monoisotopic (exact) mass is 111 g/mol. The van der Waals surface area contributed by atoms with Gasteiger partial charge >= 0.3 is 5.78 Å². The van der Waals surface area contributed by atoms with Gasteiger partial charge in [0.05, 0.1) is 0 Å². The summed E-state index contributed by atoms with van der Waals surface area (Å²) in [6.07, 6.45) is 5.53. The Hall–Kier alpha value is -0.890. The van der Waals surface area contributed by atoms with E-state index in [1.54, 1.807) is 12.2 Å². The Labute approximate surface area is 47.1 Å². The standard InChI is InChI=1S/C6H6O2/c7-5-3-1-2-4-6(5)8/h1-5,7H/p+1. The van der Waals surface area contributed by atoms with Crippen LogP contribution in [-0.2, 0) is 0 Å². The predicted octanol–water partition coefficient (Wildman–Crippen LogP) is 0.0182. The van der Waals surface area contributed by atoms with Crippen LogP contribution in [0.1, 0.15) is 0 Å². The van der Waals surface area contributed by atoms with E-state index >= 15 is 0 Å². The molecule has 0 fully saturated rings. The molecule has 0 saturated carbocycles. The van der Waals surface area contributed by atoms with Crippen molar-refractivity contribution >= 4 is 5.78 Å². The van der Waals surface area contributed by atoms with Gasteiger partial charge in [-0.3, -0.25) is 4.79 Å². The summed E-state index contributed by atoms with van der Waals surface area (Å²) < 4.78 is 0. The molecule has 0 aromatic carbocycles. The second kappa shape index (κ2) is 1.92. The molecule has 1 aliphatic rings. The Morgan fingerprint density at radius 3 is 2.62 bits per heavy atom. The highest BCUT2D eigenvalue weighted by Crippen LogP contribution is 1.96. The summed E-state index contributed by atoms with van der Waals surface area (Å²) >= 11 is 0. The van der Waals surface area contributed by atoms with Gasteiger partial charge in [-0.05, 0) is 6.08 Å². The van der Waals surface area contributed by atoms with Crippen molar-refractivity contribution < 1.29 is 9.90 Å². The Morgan fingerprint density at radius 1 is 1.50 bits per heavy atom.